The third-order valence-corrected chi connectivity index (χ3v) is 4.77. The van der Waals surface area contributed by atoms with E-state index in [4.69, 9.17) is 11.6 Å². The zero-order valence-electron chi connectivity index (χ0n) is 15.6. The molecule has 0 aliphatic heterocycles. The number of carbonyl (C=O) groups is 1. The maximum Gasteiger partial charge on any atom is 0.255 e. The predicted molar refractivity (Wildman–Crippen MR) is 114 cm³/mol. The lowest BCUT2D eigenvalue weighted by atomic mass is 10.1. The van der Waals surface area contributed by atoms with Gasteiger partial charge in [-0.3, -0.25) is 9.78 Å². The summed E-state index contributed by atoms with van der Waals surface area (Å²) < 4.78 is 1.72. The van der Waals surface area contributed by atoms with Crippen molar-refractivity contribution in [1.82, 2.24) is 20.1 Å². The molecule has 0 aliphatic rings. The highest BCUT2D eigenvalue weighted by Gasteiger charge is 2.18. The van der Waals surface area contributed by atoms with Crippen LogP contribution in [0.15, 0.2) is 85.3 Å². The summed E-state index contributed by atoms with van der Waals surface area (Å²) in [4.78, 5) is 17.0. The Labute approximate surface area is 174 Å². The smallest absolute Gasteiger partial charge is 0.255 e. The lowest BCUT2D eigenvalue weighted by Crippen LogP contribution is -2.25. The van der Waals surface area contributed by atoms with Crippen LogP contribution in [0.25, 0.3) is 16.9 Å². The number of carbonyl (C=O) groups excluding carboxylic acids is 1. The van der Waals surface area contributed by atoms with Crippen molar-refractivity contribution in [2.24, 2.45) is 0 Å². The molecular formula is C23H19ClN4O. The number of amides is 1. The molecule has 6 heteroatoms. The Bertz CT molecular complexity index is 1090. The molecule has 0 bridgehead atoms. The summed E-state index contributed by atoms with van der Waals surface area (Å²) in [6, 6.07) is 20.9. The highest BCUT2D eigenvalue weighted by molar-refractivity contribution is 6.30. The Morgan fingerprint density at radius 2 is 1.79 bits per heavy atom. The number of rotatable bonds is 6. The monoisotopic (exact) mass is 402 g/mol. The maximum absolute atomic E-state index is 12.9. The number of benzene rings is 2. The molecule has 2 heterocycles. The molecule has 2 aromatic heterocycles. The van der Waals surface area contributed by atoms with Gasteiger partial charge in [-0.2, -0.15) is 5.10 Å². The first-order valence-electron chi connectivity index (χ1n) is 9.29. The molecule has 2 aromatic carbocycles. The Balaban J connectivity index is 1.60. The lowest BCUT2D eigenvalue weighted by Gasteiger charge is -2.05. The Morgan fingerprint density at radius 1 is 1.00 bits per heavy atom. The predicted octanol–water partition coefficient (Wildman–Crippen LogP) is 4.56. The number of pyridine rings is 1. The first kappa shape index (κ1) is 18.9. The van der Waals surface area contributed by atoms with Gasteiger partial charge in [0.05, 0.1) is 11.3 Å². The fourth-order valence-corrected chi connectivity index (χ4v) is 3.16. The molecule has 1 amide bonds. The third-order valence-electron chi connectivity index (χ3n) is 4.52. The lowest BCUT2D eigenvalue weighted by molar-refractivity contribution is 0.0954. The SMILES string of the molecule is O=C(NCCc1cccnc1)c1cn(-c2ccccc2)nc1-c1ccc(Cl)cc1. The Hall–Kier alpha value is -3.44. The minimum atomic E-state index is -0.166. The Morgan fingerprint density at radius 3 is 2.52 bits per heavy atom. The molecule has 0 saturated heterocycles. The topological polar surface area (TPSA) is 59.8 Å². The van der Waals surface area contributed by atoms with Gasteiger partial charge in [0.1, 0.15) is 5.69 Å². The van der Waals surface area contributed by atoms with Crippen LogP contribution in [-0.4, -0.2) is 27.2 Å². The molecule has 5 nitrogen and oxygen atoms in total. The number of para-hydroxylation sites is 1. The molecule has 0 unspecified atom stereocenters. The molecule has 1 N–H and O–H groups in total. The summed E-state index contributed by atoms with van der Waals surface area (Å²) in [5.74, 6) is -0.166. The summed E-state index contributed by atoms with van der Waals surface area (Å²) in [6.07, 6.45) is 6.01. The van der Waals surface area contributed by atoms with Gasteiger partial charge in [-0.1, -0.05) is 48.0 Å². The van der Waals surface area contributed by atoms with E-state index < -0.39 is 0 Å². The van der Waals surface area contributed by atoms with Crippen LogP contribution in [0.5, 0.6) is 0 Å². The van der Waals surface area contributed by atoms with Crippen LogP contribution in [0.3, 0.4) is 0 Å². The van der Waals surface area contributed by atoms with Gasteiger partial charge in [0.25, 0.3) is 5.91 Å². The first-order chi connectivity index (χ1) is 14.2. The molecule has 0 fully saturated rings. The van der Waals surface area contributed by atoms with Gasteiger partial charge in [0, 0.05) is 35.7 Å². The quantitative estimate of drug-likeness (QED) is 0.514. The van der Waals surface area contributed by atoms with Gasteiger partial charge in [-0.05, 0) is 42.3 Å². The fourth-order valence-electron chi connectivity index (χ4n) is 3.04. The van der Waals surface area contributed by atoms with E-state index in [1.807, 2.05) is 54.6 Å². The van der Waals surface area contributed by atoms with Crippen LogP contribution in [0.1, 0.15) is 15.9 Å². The van der Waals surface area contributed by atoms with Crippen LogP contribution in [0, 0.1) is 0 Å². The van der Waals surface area contributed by atoms with Crippen molar-refractivity contribution >= 4 is 17.5 Å². The average molecular weight is 403 g/mol. The summed E-state index contributed by atoms with van der Waals surface area (Å²) in [5.41, 5.74) is 3.93. The molecule has 4 rings (SSSR count). The van der Waals surface area contributed by atoms with Gasteiger partial charge in [0.15, 0.2) is 0 Å². The normalized spacial score (nSPS) is 10.7. The molecule has 0 radical (unpaired) electrons. The number of nitrogens with one attached hydrogen (secondary N) is 1. The van der Waals surface area contributed by atoms with E-state index in [2.05, 4.69) is 15.4 Å². The number of hydrogen-bond donors (Lipinski definition) is 1. The largest absolute Gasteiger partial charge is 0.352 e. The number of nitrogens with zero attached hydrogens (tertiary/aromatic N) is 3. The van der Waals surface area contributed by atoms with Crippen molar-refractivity contribution in [3.8, 4) is 16.9 Å². The van der Waals surface area contributed by atoms with E-state index in [-0.39, 0.29) is 5.91 Å². The van der Waals surface area contributed by atoms with E-state index >= 15 is 0 Å². The number of aromatic nitrogens is 3. The fraction of sp³-hybridized carbons (Fsp3) is 0.0870. The zero-order chi connectivity index (χ0) is 20.1. The van der Waals surface area contributed by atoms with Gasteiger partial charge >= 0.3 is 0 Å². The van der Waals surface area contributed by atoms with Gasteiger partial charge < -0.3 is 5.32 Å². The van der Waals surface area contributed by atoms with Crippen LogP contribution in [-0.2, 0) is 6.42 Å². The van der Waals surface area contributed by atoms with Crippen molar-refractivity contribution < 1.29 is 4.79 Å². The Kier molecular flexibility index (Phi) is 5.68. The van der Waals surface area contributed by atoms with Crippen LogP contribution < -0.4 is 5.32 Å². The molecule has 0 aliphatic carbocycles. The molecule has 29 heavy (non-hydrogen) atoms. The van der Waals surface area contributed by atoms with Crippen LogP contribution >= 0.6 is 11.6 Å². The van der Waals surface area contributed by atoms with E-state index in [9.17, 15) is 4.79 Å². The van der Waals surface area contributed by atoms with Crippen LogP contribution in [0.2, 0.25) is 5.02 Å². The first-order valence-corrected chi connectivity index (χ1v) is 9.66. The standard InChI is InChI=1S/C23H19ClN4O/c24-19-10-8-18(9-11-19)22-21(16-28(27-22)20-6-2-1-3-7-20)23(29)26-14-12-17-5-4-13-25-15-17/h1-11,13,15-16H,12,14H2,(H,26,29). The molecule has 144 valence electrons. The summed E-state index contributed by atoms with van der Waals surface area (Å²) in [7, 11) is 0. The molecule has 0 atom stereocenters. The summed E-state index contributed by atoms with van der Waals surface area (Å²) in [5, 5.41) is 8.30. The van der Waals surface area contributed by atoms with E-state index in [1.165, 1.54) is 0 Å². The van der Waals surface area contributed by atoms with E-state index in [0.717, 1.165) is 16.8 Å². The van der Waals surface area contributed by atoms with Crippen molar-refractivity contribution in [3.05, 3.63) is 101 Å². The van der Waals surface area contributed by atoms with Crippen LogP contribution in [0.4, 0.5) is 0 Å². The van der Waals surface area contributed by atoms with Crippen molar-refractivity contribution in [2.75, 3.05) is 6.54 Å². The molecule has 4 aromatic rings. The summed E-state index contributed by atoms with van der Waals surface area (Å²) in [6.45, 7) is 0.515. The highest BCUT2D eigenvalue weighted by atomic mass is 35.5. The van der Waals surface area contributed by atoms with E-state index in [0.29, 0.717) is 29.2 Å². The average Bonchev–Trinajstić information content (AvgIpc) is 3.21. The molecular weight excluding hydrogens is 384 g/mol. The third kappa shape index (κ3) is 4.52. The second kappa shape index (κ2) is 8.71. The molecule has 0 spiro atoms. The van der Waals surface area contributed by atoms with Gasteiger partial charge in [-0.25, -0.2) is 4.68 Å². The van der Waals surface area contributed by atoms with Crippen molar-refractivity contribution in [3.63, 3.8) is 0 Å². The van der Waals surface area contributed by atoms with E-state index in [1.54, 1.807) is 35.4 Å². The van der Waals surface area contributed by atoms with Gasteiger partial charge in [0.2, 0.25) is 0 Å². The maximum atomic E-state index is 12.9. The minimum Gasteiger partial charge on any atom is -0.352 e. The second-order valence-electron chi connectivity index (χ2n) is 6.55. The van der Waals surface area contributed by atoms with Gasteiger partial charge in [-0.15, -0.1) is 0 Å². The summed E-state index contributed by atoms with van der Waals surface area (Å²) >= 11 is 6.02. The van der Waals surface area contributed by atoms with Crippen molar-refractivity contribution in [2.45, 2.75) is 6.42 Å². The minimum absolute atomic E-state index is 0.166. The van der Waals surface area contributed by atoms with Crippen molar-refractivity contribution in [1.29, 1.82) is 0 Å². The molecule has 0 saturated carbocycles. The number of hydrogen-bond acceptors (Lipinski definition) is 3. The zero-order valence-corrected chi connectivity index (χ0v) is 16.4. The highest BCUT2D eigenvalue weighted by Crippen LogP contribution is 2.25. The number of halogens is 1. The second-order valence-corrected chi connectivity index (χ2v) is 6.98.